The Morgan fingerprint density at radius 3 is 2.93 bits per heavy atom. The van der Waals surface area contributed by atoms with Crippen molar-refractivity contribution in [1.82, 2.24) is 0 Å². The third-order valence-electron chi connectivity index (χ3n) is 2.35. The zero-order valence-electron chi connectivity index (χ0n) is 8.13. The molecule has 2 rings (SSSR count). The molecule has 0 fully saturated rings. The van der Waals surface area contributed by atoms with Crippen molar-refractivity contribution in [3.05, 3.63) is 40.4 Å². The third kappa shape index (κ3) is 1.88. The Labute approximate surface area is 89.1 Å². The number of hydrogen-bond acceptors (Lipinski definition) is 1. The van der Waals surface area contributed by atoms with Crippen molar-refractivity contribution in [3.8, 4) is 0 Å². The average Bonchev–Trinajstić information content (AvgIpc) is 2.23. The van der Waals surface area contributed by atoms with Crippen LogP contribution in [-0.4, -0.2) is 12.8 Å². The first-order valence-electron chi connectivity index (χ1n) is 4.71. The van der Waals surface area contributed by atoms with Crippen molar-refractivity contribution in [3.63, 3.8) is 0 Å². The molecule has 0 unspecified atom stereocenters. The van der Waals surface area contributed by atoms with Crippen molar-refractivity contribution in [2.75, 3.05) is 6.54 Å². The standard InChI is InChI=1S/C12H12ClN/c1-9-2-3-12(13)11(8-9)10-4-6-14-7-5-10/h2-4,7-8H,5-6H2,1H3. The van der Waals surface area contributed by atoms with Crippen LogP contribution in [0.5, 0.6) is 0 Å². The van der Waals surface area contributed by atoms with Gasteiger partial charge in [-0.25, -0.2) is 0 Å². The van der Waals surface area contributed by atoms with E-state index >= 15 is 0 Å². The summed E-state index contributed by atoms with van der Waals surface area (Å²) in [6, 6.07) is 6.12. The summed E-state index contributed by atoms with van der Waals surface area (Å²) in [5, 5.41) is 0.831. The number of allylic oxidation sites excluding steroid dienone is 1. The van der Waals surface area contributed by atoms with Gasteiger partial charge in [0.25, 0.3) is 0 Å². The molecule has 0 amide bonds. The second kappa shape index (κ2) is 3.97. The zero-order chi connectivity index (χ0) is 9.97. The number of hydrogen-bond donors (Lipinski definition) is 0. The normalized spacial score (nSPS) is 15.4. The van der Waals surface area contributed by atoms with E-state index in [-0.39, 0.29) is 0 Å². The lowest BCUT2D eigenvalue weighted by Gasteiger charge is -2.10. The van der Waals surface area contributed by atoms with Crippen LogP contribution in [0.4, 0.5) is 0 Å². The molecule has 0 aliphatic carbocycles. The first kappa shape index (κ1) is 9.47. The summed E-state index contributed by atoms with van der Waals surface area (Å²) < 4.78 is 0. The molecule has 0 saturated heterocycles. The molecule has 1 aliphatic rings. The Morgan fingerprint density at radius 1 is 1.36 bits per heavy atom. The van der Waals surface area contributed by atoms with E-state index in [0.717, 1.165) is 23.6 Å². The predicted octanol–water partition coefficient (Wildman–Crippen LogP) is 3.51. The number of benzene rings is 1. The Bertz CT molecular complexity index is 405. The summed E-state index contributed by atoms with van der Waals surface area (Å²) in [5.74, 6) is 0. The minimum atomic E-state index is 0.777. The van der Waals surface area contributed by atoms with Gasteiger partial charge in [0.05, 0.1) is 6.54 Å². The van der Waals surface area contributed by atoms with Crippen LogP contribution in [0, 0.1) is 6.92 Å². The van der Waals surface area contributed by atoms with E-state index in [0.29, 0.717) is 0 Å². The van der Waals surface area contributed by atoms with Crippen molar-refractivity contribution in [1.29, 1.82) is 0 Å². The molecule has 0 bridgehead atoms. The zero-order valence-corrected chi connectivity index (χ0v) is 8.88. The van der Waals surface area contributed by atoms with Gasteiger partial charge in [0.15, 0.2) is 0 Å². The molecule has 0 atom stereocenters. The maximum atomic E-state index is 6.14. The molecule has 0 N–H and O–H groups in total. The number of nitrogens with zero attached hydrogens (tertiary/aromatic N) is 1. The van der Waals surface area contributed by atoms with Gasteiger partial charge in [-0.1, -0.05) is 35.4 Å². The van der Waals surface area contributed by atoms with Gasteiger partial charge in [0.2, 0.25) is 0 Å². The Balaban J connectivity index is 2.40. The van der Waals surface area contributed by atoms with E-state index in [1.165, 1.54) is 11.1 Å². The van der Waals surface area contributed by atoms with Gasteiger partial charge in [-0.2, -0.15) is 0 Å². The second-order valence-electron chi connectivity index (χ2n) is 3.46. The smallest absolute Gasteiger partial charge is 0.0572 e. The van der Waals surface area contributed by atoms with Crippen LogP contribution in [-0.2, 0) is 0 Å². The molecule has 0 spiro atoms. The summed E-state index contributed by atoms with van der Waals surface area (Å²) in [7, 11) is 0. The fourth-order valence-electron chi connectivity index (χ4n) is 1.59. The van der Waals surface area contributed by atoms with Crippen LogP contribution in [0.25, 0.3) is 5.57 Å². The van der Waals surface area contributed by atoms with Crippen LogP contribution in [0.1, 0.15) is 17.5 Å². The molecule has 0 aromatic heterocycles. The lowest BCUT2D eigenvalue weighted by Crippen LogP contribution is -1.95. The Kier molecular flexibility index (Phi) is 2.69. The summed E-state index contributed by atoms with van der Waals surface area (Å²) in [4.78, 5) is 4.16. The summed E-state index contributed by atoms with van der Waals surface area (Å²) >= 11 is 6.14. The fourth-order valence-corrected chi connectivity index (χ4v) is 1.83. The van der Waals surface area contributed by atoms with Crippen molar-refractivity contribution in [2.45, 2.75) is 13.3 Å². The lowest BCUT2D eigenvalue weighted by molar-refractivity contribution is 1.20. The van der Waals surface area contributed by atoms with Crippen LogP contribution in [0.3, 0.4) is 0 Å². The highest BCUT2D eigenvalue weighted by atomic mass is 35.5. The van der Waals surface area contributed by atoms with Crippen LogP contribution < -0.4 is 0 Å². The largest absolute Gasteiger partial charge is 0.293 e. The van der Waals surface area contributed by atoms with Crippen molar-refractivity contribution < 1.29 is 0 Å². The van der Waals surface area contributed by atoms with Gasteiger partial charge in [-0.15, -0.1) is 0 Å². The highest BCUT2D eigenvalue weighted by Crippen LogP contribution is 2.27. The fraction of sp³-hybridized carbons (Fsp3) is 0.250. The molecule has 72 valence electrons. The molecule has 0 radical (unpaired) electrons. The third-order valence-corrected chi connectivity index (χ3v) is 2.68. The molecule has 1 aliphatic heterocycles. The molecule has 0 saturated carbocycles. The molecule has 1 nitrogen and oxygen atoms in total. The highest BCUT2D eigenvalue weighted by molar-refractivity contribution is 6.32. The van der Waals surface area contributed by atoms with Gasteiger partial charge >= 0.3 is 0 Å². The predicted molar refractivity (Wildman–Crippen MR) is 62.1 cm³/mol. The molecular weight excluding hydrogens is 194 g/mol. The molecule has 2 heteroatoms. The Hall–Kier alpha value is -1.08. The van der Waals surface area contributed by atoms with Gasteiger partial charge in [0, 0.05) is 17.7 Å². The maximum absolute atomic E-state index is 6.14. The summed E-state index contributed by atoms with van der Waals surface area (Å²) in [6.45, 7) is 2.86. The SMILES string of the molecule is Cc1ccc(Cl)c(C2=CCN=CC2)c1. The first-order chi connectivity index (χ1) is 6.77. The number of halogens is 1. The van der Waals surface area contributed by atoms with E-state index in [1.54, 1.807) is 0 Å². The van der Waals surface area contributed by atoms with Crippen LogP contribution in [0.2, 0.25) is 5.02 Å². The quantitative estimate of drug-likeness (QED) is 0.666. The number of aryl methyl sites for hydroxylation is 1. The Morgan fingerprint density at radius 2 is 2.21 bits per heavy atom. The van der Waals surface area contributed by atoms with Gasteiger partial charge in [-0.3, -0.25) is 4.99 Å². The minimum Gasteiger partial charge on any atom is -0.293 e. The topological polar surface area (TPSA) is 12.4 Å². The average molecular weight is 206 g/mol. The number of dihydropyridines is 1. The highest BCUT2D eigenvalue weighted by Gasteiger charge is 2.07. The van der Waals surface area contributed by atoms with E-state index < -0.39 is 0 Å². The molecule has 1 heterocycles. The van der Waals surface area contributed by atoms with Gasteiger partial charge in [-0.05, 0) is 24.1 Å². The van der Waals surface area contributed by atoms with E-state index in [1.807, 2.05) is 18.3 Å². The summed E-state index contributed by atoms with van der Waals surface area (Å²) in [6.07, 6.45) is 4.98. The summed E-state index contributed by atoms with van der Waals surface area (Å²) in [5.41, 5.74) is 3.68. The second-order valence-corrected chi connectivity index (χ2v) is 3.87. The molecule has 14 heavy (non-hydrogen) atoms. The maximum Gasteiger partial charge on any atom is 0.0572 e. The van der Waals surface area contributed by atoms with E-state index in [4.69, 9.17) is 11.6 Å². The van der Waals surface area contributed by atoms with Crippen molar-refractivity contribution in [2.24, 2.45) is 4.99 Å². The minimum absolute atomic E-state index is 0.777. The van der Waals surface area contributed by atoms with Crippen molar-refractivity contribution >= 4 is 23.4 Å². The molecule has 1 aromatic rings. The van der Waals surface area contributed by atoms with Crippen LogP contribution >= 0.6 is 11.6 Å². The van der Waals surface area contributed by atoms with E-state index in [9.17, 15) is 0 Å². The van der Waals surface area contributed by atoms with Gasteiger partial charge in [0.1, 0.15) is 0 Å². The lowest BCUT2D eigenvalue weighted by atomic mass is 10.00. The number of rotatable bonds is 1. The first-order valence-corrected chi connectivity index (χ1v) is 5.09. The van der Waals surface area contributed by atoms with Gasteiger partial charge < -0.3 is 0 Å². The monoisotopic (exact) mass is 205 g/mol. The van der Waals surface area contributed by atoms with Crippen LogP contribution in [0.15, 0.2) is 29.3 Å². The number of aliphatic imine (C=N–C) groups is 1. The van der Waals surface area contributed by atoms with E-state index in [2.05, 4.69) is 24.1 Å². The molecule has 1 aromatic carbocycles. The molecular formula is C12H12ClN.